The standard InChI is InChI=1S/C22H30N4O6S.C22H30N2O6S/c1-5-14(6-2)32-19-18(21(27)24-25-23)17(26(29)30)12-16(22(28)31-7-3)20(19)33-15-10-8-13(4)9-11-15;1-5-15(6-2)30-20-19(23-13-25)18(24(27)28)12-17(22(26)29-7-3)21(20)31-16-10-8-14(4)9-11-16/h8-11,14,16-20H,5-7,12H2,1-4H3;8-11,15,17-21H,5-7,12H2,1-4H3/t16-,17+,18-,19+,20-;17-,18+,19-,20+,21-/m11/s1. The fourth-order valence-electron chi connectivity index (χ4n) is 7.97. The molecule has 0 heterocycles. The lowest BCUT2D eigenvalue weighted by Crippen LogP contribution is -2.57. The Morgan fingerprint density at radius 1 is 0.734 bits per heavy atom. The minimum absolute atomic E-state index is 0.0754. The molecule has 1 amide bonds. The van der Waals surface area contributed by atoms with Crippen LogP contribution in [0.4, 0.5) is 0 Å². The number of carbonyl (C=O) groups excluding carboxylic acids is 4. The van der Waals surface area contributed by atoms with Gasteiger partial charge in [0.05, 0.1) is 53.9 Å². The van der Waals surface area contributed by atoms with Crippen LogP contribution in [0.3, 0.4) is 0 Å². The summed E-state index contributed by atoms with van der Waals surface area (Å²) >= 11 is 2.74. The number of carbonyl (C=O) groups is 3. The van der Waals surface area contributed by atoms with Gasteiger partial charge < -0.3 is 18.9 Å². The quantitative estimate of drug-likeness (QED) is 0.0176. The molecule has 64 heavy (non-hydrogen) atoms. The van der Waals surface area contributed by atoms with Crippen molar-refractivity contribution in [3.05, 3.63) is 90.3 Å². The van der Waals surface area contributed by atoms with Crippen molar-refractivity contribution in [2.24, 2.45) is 27.9 Å². The van der Waals surface area contributed by atoms with Gasteiger partial charge in [0.15, 0.2) is 6.04 Å². The molecule has 0 spiro atoms. The molecule has 350 valence electrons. The molecule has 20 heteroatoms. The van der Waals surface area contributed by atoms with Crippen LogP contribution in [0.1, 0.15) is 91.2 Å². The molecule has 4 rings (SSSR count). The Morgan fingerprint density at radius 3 is 1.52 bits per heavy atom. The summed E-state index contributed by atoms with van der Waals surface area (Å²) in [5, 5.41) is 25.9. The predicted molar refractivity (Wildman–Crippen MR) is 241 cm³/mol. The maximum absolute atomic E-state index is 12.9. The summed E-state index contributed by atoms with van der Waals surface area (Å²) in [4.78, 5) is 80.5. The van der Waals surface area contributed by atoms with Crippen molar-refractivity contribution in [3.63, 3.8) is 0 Å². The van der Waals surface area contributed by atoms with Gasteiger partial charge in [-0.05, 0) is 88.3 Å². The van der Waals surface area contributed by atoms with Crippen molar-refractivity contribution in [1.29, 1.82) is 0 Å². The molecule has 0 radical (unpaired) electrons. The molecule has 0 N–H and O–H groups in total. The fraction of sp³-hybridized carbons (Fsp3) is 0.636. The van der Waals surface area contributed by atoms with Crippen molar-refractivity contribution in [2.75, 3.05) is 13.2 Å². The number of nitrogens with zero attached hydrogens (tertiary/aromatic N) is 6. The zero-order valence-electron chi connectivity index (χ0n) is 37.6. The molecule has 2 aliphatic carbocycles. The van der Waals surface area contributed by atoms with Crippen molar-refractivity contribution >= 4 is 47.4 Å². The number of benzene rings is 2. The number of ether oxygens (including phenoxy) is 4. The highest BCUT2D eigenvalue weighted by atomic mass is 32.2. The van der Waals surface area contributed by atoms with E-state index in [-0.39, 0.29) is 38.3 Å². The zero-order valence-corrected chi connectivity index (χ0v) is 39.2. The first-order valence-corrected chi connectivity index (χ1v) is 23.4. The predicted octanol–water partition coefficient (Wildman–Crippen LogP) is 8.67. The number of aryl methyl sites for hydroxylation is 2. The number of hydrogen-bond donors (Lipinski definition) is 0. The van der Waals surface area contributed by atoms with Crippen molar-refractivity contribution in [2.45, 2.75) is 157 Å². The molecule has 2 fully saturated rings. The molecule has 0 aromatic heterocycles. The molecular weight excluding hydrogens is 869 g/mol. The van der Waals surface area contributed by atoms with E-state index in [4.69, 9.17) is 24.5 Å². The van der Waals surface area contributed by atoms with E-state index in [1.807, 2.05) is 90.1 Å². The summed E-state index contributed by atoms with van der Waals surface area (Å²) < 4.78 is 23.1. The van der Waals surface area contributed by atoms with Gasteiger partial charge >= 0.3 is 11.9 Å². The Morgan fingerprint density at radius 2 is 1.14 bits per heavy atom. The van der Waals surface area contributed by atoms with Gasteiger partial charge in [-0.3, -0.25) is 34.6 Å². The van der Waals surface area contributed by atoms with E-state index in [0.29, 0.717) is 25.7 Å². The van der Waals surface area contributed by atoms with E-state index >= 15 is 0 Å². The SMILES string of the molecule is CCOC(=O)[C@@H]1C[C@H]([N+](=O)[O-])[C@@H](C(=O)N=[N+]=[N-])[C@H](OC(CC)CC)[C@@H]1Sc1ccc(C)cc1.CCOC(=O)[C@@H]1C[C@H]([N+](=O)[O-])[C@@H](N=C=O)[C@H](OC(CC)CC)[C@@H]1Sc1ccc(C)cc1. The van der Waals surface area contributed by atoms with Crippen LogP contribution in [-0.4, -0.2) is 100 Å². The number of hydrogen-bond acceptors (Lipinski definition) is 15. The smallest absolute Gasteiger partial charge is 0.310 e. The Kier molecular flexibility index (Phi) is 22.4. The first-order chi connectivity index (χ1) is 30.6. The molecule has 2 aromatic rings. The van der Waals surface area contributed by atoms with E-state index in [0.717, 1.165) is 20.9 Å². The lowest BCUT2D eigenvalue weighted by molar-refractivity contribution is -0.536. The lowest BCUT2D eigenvalue weighted by atomic mass is 9.75. The van der Waals surface area contributed by atoms with E-state index in [9.17, 15) is 39.4 Å². The Labute approximate surface area is 382 Å². The van der Waals surface area contributed by atoms with Gasteiger partial charge in [-0.15, -0.1) is 23.5 Å². The van der Waals surface area contributed by atoms with Crippen LogP contribution in [0.25, 0.3) is 10.4 Å². The number of azide groups is 1. The van der Waals surface area contributed by atoms with Crippen molar-refractivity contribution in [1.82, 2.24) is 0 Å². The second-order valence-electron chi connectivity index (χ2n) is 15.5. The second-order valence-corrected chi connectivity index (χ2v) is 18.0. The van der Waals surface area contributed by atoms with Crippen LogP contribution in [0, 0.1) is 51.8 Å². The first-order valence-electron chi connectivity index (χ1n) is 21.7. The molecule has 2 saturated carbocycles. The first kappa shape index (κ1) is 53.5. The maximum atomic E-state index is 12.9. The highest BCUT2D eigenvalue weighted by Gasteiger charge is 2.57. The highest BCUT2D eigenvalue weighted by molar-refractivity contribution is 8.00. The Hall–Kier alpha value is -4.84. The summed E-state index contributed by atoms with van der Waals surface area (Å²) in [6, 6.07) is 11.7. The fourth-order valence-corrected chi connectivity index (χ4v) is 10.7. The minimum atomic E-state index is -1.44. The number of aliphatic imine (C=N–C) groups is 1. The monoisotopic (exact) mass is 928 g/mol. The Bertz CT molecular complexity index is 1960. The molecule has 0 saturated heterocycles. The van der Waals surface area contributed by atoms with Crippen LogP contribution in [-0.2, 0) is 38.1 Å². The van der Waals surface area contributed by atoms with Crippen LogP contribution in [0.2, 0.25) is 0 Å². The second kappa shape index (κ2) is 26.8. The number of esters is 2. The molecule has 0 unspecified atom stereocenters. The van der Waals surface area contributed by atoms with Crippen LogP contribution >= 0.6 is 23.5 Å². The highest BCUT2D eigenvalue weighted by Crippen LogP contribution is 2.45. The van der Waals surface area contributed by atoms with Crippen LogP contribution < -0.4 is 0 Å². The third-order valence-electron chi connectivity index (χ3n) is 11.4. The number of nitro groups is 2. The lowest BCUT2D eigenvalue weighted by Gasteiger charge is -2.42. The molecule has 10 atom stereocenters. The molecule has 0 aliphatic heterocycles. The van der Waals surface area contributed by atoms with Gasteiger partial charge in [-0.2, -0.15) is 4.99 Å². The zero-order chi connectivity index (χ0) is 47.5. The van der Waals surface area contributed by atoms with Gasteiger partial charge in [0, 0.05) is 37.4 Å². The average molecular weight is 929 g/mol. The molecule has 2 aliphatic rings. The normalized spacial score (nSPS) is 25.2. The Balaban J connectivity index is 0.000000341. The van der Waals surface area contributed by atoms with Gasteiger partial charge in [-0.1, -0.05) is 63.1 Å². The van der Waals surface area contributed by atoms with Crippen molar-refractivity contribution < 1.29 is 48.0 Å². The summed E-state index contributed by atoms with van der Waals surface area (Å²) in [6.07, 6.45) is 1.53. The molecular formula is C44H60N6O12S2. The number of isocyanates is 1. The summed E-state index contributed by atoms with van der Waals surface area (Å²) in [5.74, 6) is -4.97. The van der Waals surface area contributed by atoms with E-state index in [1.54, 1.807) is 13.8 Å². The summed E-state index contributed by atoms with van der Waals surface area (Å²) in [5.41, 5.74) is 11.0. The number of thioether (sulfide) groups is 2. The maximum Gasteiger partial charge on any atom is 0.310 e. The van der Waals surface area contributed by atoms with Gasteiger partial charge in [0.25, 0.3) is 0 Å². The molecule has 2 aromatic carbocycles. The van der Waals surface area contributed by atoms with Crippen molar-refractivity contribution in [3.8, 4) is 0 Å². The van der Waals surface area contributed by atoms with E-state index < -0.39 is 86.3 Å². The minimum Gasteiger partial charge on any atom is -0.466 e. The third kappa shape index (κ3) is 14.6. The van der Waals surface area contributed by atoms with Crippen LogP contribution in [0.15, 0.2) is 68.4 Å². The topological polar surface area (TPSA) is 253 Å². The van der Waals surface area contributed by atoms with Crippen LogP contribution in [0.5, 0.6) is 0 Å². The molecule has 18 nitrogen and oxygen atoms in total. The van der Waals surface area contributed by atoms with Gasteiger partial charge in [0.1, 0.15) is 12.0 Å². The average Bonchev–Trinajstić information content (AvgIpc) is 3.27. The molecule has 0 bridgehead atoms. The largest absolute Gasteiger partial charge is 0.466 e. The number of amides is 1. The summed E-state index contributed by atoms with van der Waals surface area (Å²) in [6.45, 7) is 15.3. The summed E-state index contributed by atoms with van der Waals surface area (Å²) in [7, 11) is 0. The number of rotatable bonds is 20. The van der Waals surface area contributed by atoms with E-state index in [2.05, 4.69) is 15.0 Å². The van der Waals surface area contributed by atoms with E-state index in [1.165, 1.54) is 29.6 Å². The van der Waals surface area contributed by atoms with Gasteiger partial charge in [0.2, 0.25) is 24.1 Å². The van der Waals surface area contributed by atoms with Gasteiger partial charge in [-0.25, -0.2) is 4.79 Å². The third-order valence-corrected chi connectivity index (χ3v) is 14.2.